The van der Waals surface area contributed by atoms with E-state index in [4.69, 9.17) is 27.9 Å². The monoisotopic (exact) mass is 367 g/mol. The summed E-state index contributed by atoms with van der Waals surface area (Å²) in [5, 5.41) is -0.230. The highest BCUT2D eigenvalue weighted by Gasteiger charge is 2.25. The third-order valence-electron chi connectivity index (χ3n) is 3.74. The zero-order chi connectivity index (χ0) is 17.3. The molecule has 0 fully saturated rings. The Kier molecular flexibility index (Phi) is 4.73. The molecule has 0 unspecified atom stereocenters. The SMILES string of the molecule is O=C(OCC(=O)N1CCc2ccccc21)c1cc(F)c(Cl)cc1Cl. The van der Waals surface area contributed by atoms with Crippen LogP contribution in [0.1, 0.15) is 15.9 Å². The average molecular weight is 368 g/mol. The van der Waals surface area contributed by atoms with Gasteiger partial charge in [0.25, 0.3) is 5.91 Å². The van der Waals surface area contributed by atoms with Gasteiger partial charge in [-0.25, -0.2) is 9.18 Å². The number of halogens is 3. The lowest BCUT2D eigenvalue weighted by atomic mass is 10.2. The molecule has 1 aliphatic heterocycles. The summed E-state index contributed by atoms with van der Waals surface area (Å²) in [7, 11) is 0. The number of amides is 1. The van der Waals surface area contributed by atoms with Crippen molar-refractivity contribution in [2.45, 2.75) is 6.42 Å². The molecule has 0 aliphatic carbocycles. The van der Waals surface area contributed by atoms with E-state index in [9.17, 15) is 14.0 Å². The van der Waals surface area contributed by atoms with Crippen molar-refractivity contribution < 1.29 is 18.7 Å². The molecule has 1 heterocycles. The molecule has 24 heavy (non-hydrogen) atoms. The Morgan fingerprint density at radius 3 is 2.71 bits per heavy atom. The standard InChI is InChI=1S/C17H12Cl2FNO3/c18-12-8-13(19)14(20)7-11(12)17(23)24-9-16(22)21-6-5-10-3-1-2-4-15(10)21/h1-4,7-8H,5-6,9H2. The highest BCUT2D eigenvalue weighted by atomic mass is 35.5. The molecule has 0 saturated heterocycles. The summed E-state index contributed by atoms with van der Waals surface area (Å²) in [6, 6.07) is 9.55. The van der Waals surface area contributed by atoms with Crippen LogP contribution in [0, 0.1) is 5.82 Å². The van der Waals surface area contributed by atoms with Gasteiger partial charge in [-0.3, -0.25) is 4.79 Å². The van der Waals surface area contributed by atoms with E-state index in [-0.39, 0.29) is 21.5 Å². The molecule has 0 aromatic heterocycles. The smallest absolute Gasteiger partial charge is 0.340 e. The van der Waals surface area contributed by atoms with Gasteiger partial charge < -0.3 is 9.64 Å². The molecular weight excluding hydrogens is 356 g/mol. The number of esters is 1. The second-order valence-corrected chi connectivity index (χ2v) is 6.06. The van der Waals surface area contributed by atoms with Gasteiger partial charge in [-0.2, -0.15) is 0 Å². The second kappa shape index (κ2) is 6.79. The number of benzene rings is 2. The molecule has 1 aliphatic rings. The largest absolute Gasteiger partial charge is 0.452 e. The van der Waals surface area contributed by atoms with Crippen molar-refractivity contribution in [1.29, 1.82) is 0 Å². The van der Waals surface area contributed by atoms with Crippen molar-refractivity contribution in [3.05, 3.63) is 63.4 Å². The molecule has 0 saturated carbocycles. The van der Waals surface area contributed by atoms with Crippen molar-refractivity contribution in [2.75, 3.05) is 18.1 Å². The molecule has 0 spiro atoms. The van der Waals surface area contributed by atoms with E-state index in [2.05, 4.69) is 0 Å². The fraction of sp³-hybridized carbons (Fsp3) is 0.176. The van der Waals surface area contributed by atoms with E-state index in [1.807, 2.05) is 24.3 Å². The number of rotatable bonds is 3. The van der Waals surface area contributed by atoms with Gasteiger partial charge in [0.15, 0.2) is 6.61 Å². The highest BCUT2D eigenvalue weighted by molar-refractivity contribution is 6.36. The maximum Gasteiger partial charge on any atom is 0.340 e. The first-order chi connectivity index (χ1) is 11.5. The van der Waals surface area contributed by atoms with Crippen LogP contribution >= 0.6 is 23.2 Å². The predicted octanol–water partition coefficient (Wildman–Crippen LogP) is 3.88. The molecule has 2 aromatic carbocycles. The van der Waals surface area contributed by atoms with Crippen molar-refractivity contribution >= 4 is 40.8 Å². The molecule has 0 N–H and O–H groups in total. The minimum Gasteiger partial charge on any atom is -0.452 e. The number of nitrogens with zero attached hydrogens (tertiary/aromatic N) is 1. The molecule has 7 heteroatoms. The van der Waals surface area contributed by atoms with Crippen molar-refractivity contribution in [2.24, 2.45) is 0 Å². The van der Waals surface area contributed by atoms with Gasteiger partial charge >= 0.3 is 5.97 Å². The van der Waals surface area contributed by atoms with Crippen molar-refractivity contribution in [1.82, 2.24) is 0 Å². The Bertz CT molecular complexity index is 825. The number of carbonyl (C=O) groups excluding carboxylic acids is 2. The first kappa shape index (κ1) is 16.7. The van der Waals surface area contributed by atoms with Crippen LogP contribution in [0.15, 0.2) is 36.4 Å². The normalized spacial score (nSPS) is 12.9. The zero-order valence-corrected chi connectivity index (χ0v) is 13.9. The van der Waals surface area contributed by atoms with E-state index in [1.165, 1.54) is 0 Å². The van der Waals surface area contributed by atoms with E-state index < -0.39 is 18.4 Å². The minimum absolute atomic E-state index is 0.0367. The first-order valence-electron chi connectivity index (χ1n) is 7.17. The summed E-state index contributed by atoms with van der Waals surface area (Å²) in [5.41, 5.74) is 1.71. The maximum absolute atomic E-state index is 13.5. The average Bonchev–Trinajstić information content (AvgIpc) is 3.00. The Morgan fingerprint density at radius 1 is 1.17 bits per heavy atom. The summed E-state index contributed by atoms with van der Waals surface area (Å²) < 4.78 is 18.4. The summed E-state index contributed by atoms with van der Waals surface area (Å²) in [5.74, 6) is -2.01. The summed E-state index contributed by atoms with van der Waals surface area (Å²) in [4.78, 5) is 25.8. The van der Waals surface area contributed by atoms with Gasteiger partial charge in [0.2, 0.25) is 0 Å². The Balaban J connectivity index is 1.67. The molecular formula is C17H12Cl2FNO3. The number of hydrogen-bond donors (Lipinski definition) is 0. The Labute approximate surface area is 147 Å². The molecule has 2 aromatic rings. The fourth-order valence-corrected chi connectivity index (χ4v) is 3.02. The first-order valence-corrected chi connectivity index (χ1v) is 7.93. The van der Waals surface area contributed by atoms with Gasteiger partial charge in [-0.1, -0.05) is 41.4 Å². The minimum atomic E-state index is -0.878. The van der Waals surface area contributed by atoms with Gasteiger partial charge in [-0.15, -0.1) is 0 Å². The van der Waals surface area contributed by atoms with Crippen LogP contribution in [0.5, 0.6) is 0 Å². The maximum atomic E-state index is 13.5. The van der Waals surface area contributed by atoms with Gasteiger partial charge in [0, 0.05) is 12.2 Å². The summed E-state index contributed by atoms with van der Waals surface area (Å²) in [6.45, 7) is 0.0831. The van der Waals surface area contributed by atoms with Crippen LogP contribution < -0.4 is 4.90 Å². The number of fused-ring (bicyclic) bond motifs is 1. The number of anilines is 1. The number of carbonyl (C=O) groups is 2. The second-order valence-electron chi connectivity index (χ2n) is 5.25. The van der Waals surface area contributed by atoms with Gasteiger partial charge in [-0.05, 0) is 30.2 Å². The highest BCUT2D eigenvalue weighted by Crippen LogP contribution is 2.28. The van der Waals surface area contributed by atoms with Crippen LogP contribution in [0.25, 0.3) is 0 Å². The molecule has 0 radical (unpaired) electrons. The zero-order valence-electron chi connectivity index (χ0n) is 12.4. The molecule has 4 nitrogen and oxygen atoms in total. The number of ether oxygens (including phenoxy) is 1. The molecule has 1 amide bonds. The van der Waals surface area contributed by atoms with Crippen molar-refractivity contribution in [3.8, 4) is 0 Å². The molecule has 124 valence electrons. The van der Waals surface area contributed by atoms with Crippen LogP contribution in [0.4, 0.5) is 10.1 Å². The summed E-state index contributed by atoms with van der Waals surface area (Å²) in [6.07, 6.45) is 0.754. The van der Waals surface area contributed by atoms with Crippen LogP contribution in [0.3, 0.4) is 0 Å². The third-order valence-corrected chi connectivity index (χ3v) is 4.35. The predicted molar refractivity (Wildman–Crippen MR) is 89.2 cm³/mol. The van der Waals surface area contributed by atoms with Crippen LogP contribution in [-0.2, 0) is 16.0 Å². The van der Waals surface area contributed by atoms with E-state index in [0.29, 0.717) is 6.54 Å². The fourth-order valence-electron chi connectivity index (χ4n) is 2.56. The topological polar surface area (TPSA) is 46.6 Å². The molecule has 0 atom stereocenters. The lowest BCUT2D eigenvalue weighted by molar-refractivity contribution is -0.121. The van der Waals surface area contributed by atoms with E-state index >= 15 is 0 Å². The van der Waals surface area contributed by atoms with E-state index in [1.54, 1.807) is 4.90 Å². The Hall–Kier alpha value is -2.11. The van der Waals surface area contributed by atoms with Gasteiger partial charge in [0.1, 0.15) is 5.82 Å². The number of hydrogen-bond acceptors (Lipinski definition) is 3. The van der Waals surface area contributed by atoms with Gasteiger partial charge in [0.05, 0.1) is 15.6 Å². The van der Waals surface area contributed by atoms with Crippen LogP contribution in [0.2, 0.25) is 10.0 Å². The molecule has 3 rings (SSSR count). The summed E-state index contributed by atoms with van der Waals surface area (Å²) >= 11 is 11.4. The van der Waals surface area contributed by atoms with E-state index in [0.717, 1.165) is 29.8 Å². The lowest BCUT2D eigenvalue weighted by Crippen LogP contribution is -2.33. The lowest BCUT2D eigenvalue weighted by Gasteiger charge is -2.17. The third kappa shape index (κ3) is 3.23. The molecule has 0 bridgehead atoms. The Morgan fingerprint density at radius 2 is 1.92 bits per heavy atom. The van der Waals surface area contributed by atoms with Crippen LogP contribution in [-0.4, -0.2) is 25.0 Å². The van der Waals surface area contributed by atoms with Crippen molar-refractivity contribution in [3.63, 3.8) is 0 Å². The quantitative estimate of drug-likeness (QED) is 0.610. The number of para-hydroxylation sites is 1.